The van der Waals surface area contributed by atoms with Crippen LogP contribution in [-0.4, -0.2) is 16.1 Å². The van der Waals surface area contributed by atoms with E-state index in [1.165, 1.54) is 12.1 Å². The second-order valence-electron chi connectivity index (χ2n) is 6.40. The molecule has 0 aliphatic heterocycles. The number of amides is 2. The van der Waals surface area contributed by atoms with Crippen molar-refractivity contribution in [2.24, 2.45) is 5.92 Å². The molecular formula is C19H12Cl5N3O2. The van der Waals surface area contributed by atoms with Crippen LogP contribution in [0.4, 0.5) is 11.4 Å². The summed E-state index contributed by atoms with van der Waals surface area (Å²) >= 11 is 30.8. The number of nitrogens with one attached hydrogen (secondary N) is 2. The number of carbonyl (C=O) groups is 2. The van der Waals surface area contributed by atoms with Crippen LogP contribution in [0.2, 0.25) is 15.1 Å². The Balaban J connectivity index is 1.76. The van der Waals surface area contributed by atoms with Crippen molar-refractivity contribution in [3.8, 4) is 6.07 Å². The predicted molar refractivity (Wildman–Crippen MR) is 116 cm³/mol. The second-order valence-corrected chi connectivity index (χ2v) is 9.12. The molecule has 5 nitrogen and oxygen atoms in total. The highest BCUT2D eigenvalue weighted by Crippen LogP contribution is 2.65. The van der Waals surface area contributed by atoms with Gasteiger partial charge in [0.25, 0.3) is 0 Å². The number of carbonyl (C=O) groups excluding carboxylic acids is 2. The third kappa shape index (κ3) is 4.91. The molecule has 1 aliphatic carbocycles. The van der Waals surface area contributed by atoms with Crippen LogP contribution in [-0.2, 0) is 9.59 Å². The van der Waals surface area contributed by atoms with Crippen LogP contribution < -0.4 is 10.6 Å². The lowest BCUT2D eigenvalue weighted by Crippen LogP contribution is -2.17. The Hall–Kier alpha value is -1.68. The number of rotatable bonds is 5. The van der Waals surface area contributed by atoms with Crippen LogP contribution in [0.5, 0.6) is 0 Å². The van der Waals surface area contributed by atoms with Gasteiger partial charge in [0.15, 0.2) is 0 Å². The zero-order valence-corrected chi connectivity index (χ0v) is 18.3. The van der Waals surface area contributed by atoms with Crippen LogP contribution in [0.15, 0.2) is 36.4 Å². The smallest absolute Gasteiger partial charge is 0.238 e. The molecule has 0 radical (unpaired) electrons. The Kier molecular flexibility index (Phi) is 6.52. The molecule has 10 heteroatoms. The van der Waals surface area contributed by atoms with Crippen LogP contribution in [0.25, 0.3) is 0 Å². The SMILES string of the molecule is N#CCC(=O)Nc1cc(NC(=O)[C@H]2[C@H](c3cc(Cl)cc(Cl)c3)C2(Cl)Cl)ccc1Cl. The molecule has 1 fully saturated rings. The summed E-state index contributed by atoms with van der Waals surface area (Å²) in [5.41, 5.74) is 1.31. The molecule has 0 aromatic heterocycles. The zero-order chi connectivity index (χ0) is 21.3. The van der Waals surface area contributed by atoms with Crippen molar-refractivity contribution in [3.63, 3.8) is 0 Å². The van der Waals surface area contributed by atoms with Crippen molar-refractivity contribution in [3.05, 3.63) is 57.0 Å². The van der Waals surface area contributed by atoms with E-state index < -0.39 is 28.0 Å². The maximum atomic E-state index is 12.8. The van der Waals surface area contributed by atoms with E-state index in [1.807, 2.05) is 0 Å². The molecule has 0 unspecified atom stereocenters. The summed E-state index contributed by atoms with van der Waals surface area (Å²) in [5, 5.41) is 14.9. The number of alkyl halides is 2. The Bertz CT molecular complexity index is 1010. The third-order valence-corrected chi connectivity index (χ3v) is 6.03. The van der Waals surface area contributed by atoms with Crippen molar-refractivity contribution in [2.75, 3.05) is 10.6 Å². The molecule has 2 N–H and O–H groups in total. The van der Waals surface area contributed by atoms with E-state index in [1.54, 1.807) is 30.3 Å². The Morgan fingerprint density at radius 3 is 2.31 bits per heavy atom. The monoisotopic (exact) mass is 489 g/mol. The van der Waals surface area contributed by atoms with Gasteiger partial charge in [-0.15, -0.1) is 23.2 Å². The summed E-state index contributed by atoms with van der Waals surface area (Å²) in [7, 11) is 0. The summed E-state index contributed by atoms with van der Waals surface area (Å²) in [4.78, 5) is 24.4. The van der Waals surface area contributed by atoms with Gasteiger partial charge in [0, 0.05) is 21.7 Å². The molecular weight excluding hydrogens is 479 g/mol. The standard InChI is InChI=1S/C19H12Cl5N3O2/c20-10-5-9(6-11(21)7-10)16-17(19(16,23)24)18(29)26-12-1-2-13(22)14(8-12)27-15(28)3-4-25/h1-2,5-8,16-17H,3H2,(H,26,29)(H,27,28)/t16-,17+/m0/s1. The minimum atomic E-state index is -1.31. The zero-order valence-electron chi connectivity index (χ0n) is 14.5. The number of hydrogen-bond donors (Lipinski definition) is 2. The van der Waals surface area contributed by atoms with Crippen molar-refractivity contribution < 1.29 is 9.59 Å². The minimum Gasteiger partial charge on any atom is -0.326 e. The molecule has 150 valence electrons. The topological polar surface area (TPSA) is 82.0 Å². The summed E-state index contributed by atoms with van der Waals surface area (Å²) in [6, 6.07) is 11.2. The van der Waals surface area contributed by atoms with Gasteiger partial charge in [-0.25, -0.2) is 0 Å². The van der Waals surface area contributed by atoms with E-state index in [4.69, 9.17) is 63.3 Å². The Labute approximate surface area is 191 Å². The van der Waals surface area contributed by atoms with Gasteiger partial charge in [-0.05, 0) is 42.0 Å². The highest BCUT2D eigenvalue weighted by atomic mass is 35.5. The van der Waals surface area contributed by atoms with Crippen LogP contribution in [0.1, 0.15) is 17.9 Å². The largest absolute Gasteiger partial charge is 0.326 e. The predicted octanol–water partition coefficient (Wildman–Crippen LogP) is 6.02. The first kappa shape index (κ1) is 22.0. The Morgan fingerprint density at radius 1 is 1.03 bits per heavy atom. The lowest BCUT2D eigenvalue weighted by atomic mass is 10.1. The van der Waals surface area contributed by atoms with Crippen molar-refractivity contribution in [2.45, 2.75) is 16.7 Å². The summed E-state index contributed by atoms with van der Waals surface area (Å²) in [5.74, 6) is -2.14. The number of nitriles is 1. The highest BCUT2D eigenvalue weighted by Gasteiger charge is 2.67. The van der Waals surface area contributed by atoms with Crippen LogP contribution in [0, 0.1) is 17.2 Å². The molecule has 2 amide bonds. The van der Waals surface area contributed by atoms with E-state index in [-0.39, 0.29) is 17.1 Å². The lowest BCUT2D eigenvalue weighted by molar-refractivity contribution is -0.117. The van der Waals surface area contributed by atoms with Crippen LogP contribution >= 0.6 is 58.0 Å². The van der Waals surface area contributed by atoms with Crippen molar-refractivity contribution >= 4 is 81.2 Å². The highest BCUT2D eigenvalue weighted by molar-refractivity contribution is 6.53. The molecule has 2 atom stereocenters. The molecule has 0 bridgehead atoms. The van der Waals surface area contributed by atoms with E-state index in [2.05, 4.69) is 10.6 Å². The van der Waals surface area contributed by atoms with Gasteiger partial charge in [-0.2, -0.15) is 5.26 Å². The van der Waals surface area contributed by atoms with E-state index in [9.17, 15) is 9.59 Å². The lowest BCUT2D eigenvalue weighted by Gasteiger charge is -2.10. The molecule has 1 saturated carbocycles. The number of anilines is 2. The number of halogens is 5. The fraction of sp³-hybridized carbons (Fsp3) is 0.211. The molecule has 2 aromatic rings. The van der Waals surface area contributed by atoms with Crippen molar-refractivity contribution in [1.29, 1.82) is 5.26 Å². The maximum Gasteiger partial charge on any atom is 0.238 e. The van der Waals surface area contributed by atoms with E-state index in [0.29, 0.717) is 21.3 Å². The quantitative estimate of drug-likeness (QED) is 0.502. The number of nitrogens with zero attached hydrogens (tertiary/aromatic N) is 1. The van der Waals surface area contributed by atoms with E-state index in [0.717, 1.165) is 0 Å². The third-order valence-electron chi connectivity index (χ3n) is 4.33. The summed E-state index contributed by atoms with van der Waals surface area (Å²) in [6.45, 7) is 0. The first-order valence-corrected chi connectivity index (χ1v) is 10.1. The van der Waals surface area contributed by atoms with Gasteiger partial charge in [-0.1, -0.05) is 34.8 Å². The molecule has 0 heterocycles. The first-order valence-electron chi connectivity index (χ1n) is 8.24. The molecule has 0 saturated heterocycles. The summed E-state index contributed by atoms with van der Waals surface area (Å²) < 4.78 is -1.31. The molecule has 3 rings (SSSR count). The average Bonchev–Trinajstić information content (AvgIpc) is 3.19. The molecule has 29 heavy (non-hydrogen) atoms. The van der Waals surface area contributed by atoms with Gasteiger partial charge in [0.1, 0.15) is 10.8 Å². The van der Waals surface area contributed by atoms with E-state index >= 15 is 0 Å². The molecule has 1 aliphatic rings. The normalized spacial score (nSPS) is 19.2. The van der Waals surface area contributed by atoms with Gasteiger partial charge in [0.2, 0.25) is 11.8 Å². The van der Waals surface area contributed by atoms with Gasteiger partial charge in [0.05, 0.1) is 22.7 Å². The van der Waals surface area contributed by atoms with Gasteiger partial charge in [-0.3, -0.25) is 9.59 Å². The fourth-order valence-corrected chi connectivity index (χ4v) is 4.54. The second kappa shape index (κ2) is 8.59. The van der Waals surface area contributed by atoms with Gasteiger partial charge < -0.3 is 10.6 Å². The van der Waals surface area contributed by atoms with Crippen molar-refractivity contribution in [1.82, 2.24) is 0 Å². The number of hydrogen-bond acceptors (Lipinski definition) is 3. The minimum absolute atomic E-state index is 0.260. The summed E-state index contributed by atoms with van der Waals surface area (Å²) in [6.07, 6.45) is -0.320. The van der Waals surface area contributed by atoms with Crippen LogP contribution in [0.3, 0.4) is 0 Å². The first-order chi connectivity index (χ1) is 13.6. The van der Waals surface area contributed by atoms with Gasteiger partial charge >= 0.3 is 0 Å². The average molecular weight is 492 g/mol. The molecule has 0 spiro atoms. The molecule has 2 aromatic carbocycles. The number of benzene rings is 2. The fourth-order valence-electron chi connectivity index (χ4n) is 3.01. The maximum absolute atomic E-state index is 12.8. The Morgan fingerprint density at radius 2 is 1.69 bits per heavy atom.